The summed E-state index contributed by atoms with van der Waals surface area (Å²) in [5.74, 6) is -3.20. The van der Waals surface area contributed by atoms with Gasteiger partial charge in [-0.1, -0.05) is 0 Å². The Labute approximate surface area is 114 Å². The summed E-state index contributed by atoms with van der Waals surface area (Å²) < 4.78 is 4.25. The van der Waals surface area contributed by atoms with Crippen LogP contribution in [0.4, 0.5) is 0 Å². The van der Waals surface area contributed by atoms with Gasteiger partial charge in [0.05, 0.1) is 6.61 Å². The summed E-state index contributed by atoms with van der Waals surface area (Å²) in [6.45, 7) is 1.22. The van der Waals surface area contributed by atoms with E-state index in [1.807, 2.05) is 0 Å². The molecule has 0 saturated heterocycles. The van der Waals surface area contributed by atoms with Crippen molar-refractivity contribution in [2.75, 3.05) is 13.2 Å². The summed E-state index contributed by atoms with van der Waals surface area (Å²) in [4.78, 5) is 10.5. The van der Waals surface area contributed by atoms with Crippen LogP contribution in [-0.4, -0.2) is 51.8 Å². The van der Waals surface area contributed by atoms with Gasteiger partial charge in [0.15, 0.2) is 5.76 Å². The van der Waals surface area contributed by atoms with Gasteiger partial charge in [0.25, 0.3) is 0 Å². The molecule has 0 amide bonds. The van der Waals surface area contributed by atoms with Crippen LogP contribution in [0.2, 0.25) is 0 Å². The molecule has 1 rings (SSSR count). The molecule has 0 saturated carbocycles. The van der Waals surface area contributed by atoms with Crippen molar-refractivity contribution in [2.24, 2.45) is 0 Å². The average molecular weight is 244 g/mol. The van der Waals surface area contributed by atoms with Crippen LogP contribution in [0.1, 0.15) is 6.92 Å². The first kappa shape index (κ1) is 18.1. The van der Waals surface area contributed by atoms with Gasteiger partial charge >= 0.3 is 35.5 Å². The minimum absolute atomic E-state index is 0. The molecule has 0 aromatic heterocycles. The molecule has 88 valence electrons. The van der Waals surface area contributed by atoms with E-state index in [4.69, 9.17) is 20.4 Å². The molecule has 0 aromatic rings. The third kappa shape index (κ3) is 4.69. The monoisotopic (exact) mass is 244 g/mol. The molecule has 0 bridgehead atoms. The van der Waals surface area contributed by atoms with Gasteiger partial charge in [-0.05, 0) is 12.7 Å². The molecule has 1 aliphatic rings. The number of hydrogen-bond donors (Lipinski definition) is 4. The van der Waals surface area contributed by atoms with Crippen LogP contribution in [0.15, 0.2) is 11.5 Å². The smallest absolute Gasteiger partial charge is 0.870 e. The van der Waals surface area contributed by atoms with Gasteiger partial charge in [0, 0.05) is 6.61 Å². The second-order valence-electron chi connectivity index (χ2n) is 2.60. The second-order valence-corrected chi connectivity index (χ2v) is 2.60. The number of cyclic esters (lactones) is 1. The Balaban J connectivity index is 0. The second kappa shape index (κ2) is 8.80. The van der Waals surface area contributed by atoms with Gasteiger partial charge in [0.1, 0.15) is 12.2 Å². The van der Waals surface area contributed by atoms with E-state index in [9.17, 15) is 9.90 Å². The molecule has 0 fully saturated rings. The zero-order valence-corrected chi connectivity index (χ0v) is 11.1. The first-order valence-corrected chi connectivity index (χ1v) is 4.20. The topological polar surface area (TPSA) is 130 Å². The fraction of sp³-hybridized carbons (Fsp3) is 0.625. The van der Waals surface area contributed by atoms with Crippen LogP contribution >= 0.6 is 0 Å². The van der Waals surface area contributed by atoms with Crippen molar-refractivity contribution in [3.8, 4) is 0 Å². The first-order chi connectivity index (χ1) is 6.99. The molecule has 16 heavy (non-hydrogen) atoms. The molecule has 1 heterocycles. The van der Waals surface area contributed by atoms with Gasteiger partial charge < -0.3 is 30.3 Å². The number of carbonyl (C=O) groups excluding carboxylic acids is 1. The van der Waals surface area contributed by atoms with Crippen LogP contribution in [-0.2, 0) is 9.53 Å². The van der Waals surface area contributed by atoms with Crippen LogP contribution in [0.3, 0.4) is 0 Å². The van der Waals surface area contributed by atoms with Crippen molar-refractivity contribution >= 4 is 5.97 Å². The summed E-state index contributed by atoms with van der Waals surface area (Å²) in [5, 5.41) is 44.4. The fourth-order valence-electron chi connectivity index (χ4n) is 0.809. The van der Waals surface area contributed by atoms with Gasteiger partial charge in [-0.2, -0.15) is 0 Å². The SMILES string of the molecule is CCO.O=C1O[C@H]([C@@H](O)CO)C([O-])=C1O.[Na+]. The van der Waals surface area contributed by atoms with Gasteiger partial charge in [-0.25, -0.2) is 4.79 Å². The van der Waals surface area contributed by atoms with E-state index in [1.54, 1.807) is 6.92 Å². The van der Waals surface area contributed by atoms with E-state index in [2.05, 4.69) is 4.74 Å². The molecule has 2 atom stereocenters. The minimum atomic E-state index is -1.48. The zero-order chi connectivity index (χ0) is 12.0. The predicted molar refractivity (Wildman–Crippen MR) is 45.4 cm³/mol. The zero-order valence-electron chi connectivity index (χ0n) is 9.08. The molecule has 0 aliphatic carbocycles. The summed E-state index contributed by atoms with van der Waals surface area (Å²) in [6, 6.07) is 0. The number of aliphatic hydroxyl groups excluding tert-OH is 4. The fourth-order valence-corrected chi connectivity index (χ4v) is 0.809. The van der Waals surface area contributed by atoms with Crippen molar-refractivity contribution in [1.82, 2.24) is 0 Å². The maximum absolute atomic E-state index is 10.8. The number of rotatable bonds is 2. The summed E-state index contributed by atoms with van der Waals surface area (Å²) >= 11 is 0. The van der Waals surface area contributed by atoms with Gasteiger partial charge in [-0.3, -0.25) is 0 Å². The van der Waals surface area contributed by atoms with Crippen LogP contribution in [0, 0.1) is 0 Å². The first-order valence-electron chi connectivity index (χ1n) is 4.20. The Kier molecular flexibility index (Phi) is 9.93. The van der Waals surface area contributed by atoms with Crippen molar-refractivity contribution in [1.29, 1.82) is 0 Å². The molecule has 4 N–H and O–H groups in total. The van der Waals surface area contributed by atoms with E-state index >= 15 is 0 Å². The van der Waals surface area contributed by atoms with Crippen LogP contribution in [0.25, 0.3) is 0 Å². The van der Waals surface area contributed by atoms with Crippen molar-refractivity contribution in [3.63, 3.8) is 0 Å². The van der Waals surface area contributed by atoms with E-state index in [-0.39, 0.29) is 36.2 Å². The Bertz CT molecular complexity index is 253. The normalized spacial score (nSPS) is 20.5. The molecule has 0 spiro atoms. The molecule has 8 heteroatoms. The van der Waals surface area contributed by atoms with E-state index < -0.39 is 36.3 Å². The van der Waals surface area contributed by atoms with Crippen molar-refractivity contribution in [2.45, 2.75) is 19.1 Å². The number of esters is 1. The molecular formula is C8H13NaO7. The number of hydrogen-bond acceptors (Lipinski definition) is 7. The largest absolute Gasteiger partial charge is 1.00 e. The Morgan fingerprint density at radius 3 is 2.19 bits per heavy atom. The minimum Gasteiger partial charge on any atom is -0.870 e. The standard InChI is InChI=1S/C6H8O6.C2H6O.Na/c7-1-2(8)5-3(9)4(10)6(11)12-5;1-2-3;/h2,5,7-10H,1H2;3H,2H2,1H3;/q;;+1/p-1/t2-,5+;;/m0../s1. The van der Waals surface area contributed by atoms with Gasteiger partial charge in [0.2, 0.25) is 0 Å². The van der Waals surface area contributed by atoms with Crippen molar-refractivity contribution in [3.05, 3.63) is 11.5 Å². The molecule has 1 aliphatic heterocycles. The Morgan fingerprint density at radius 2 is 1.94 bits per heavy atom. The van der Waals surface area contributed by atoms with E-state index in [1.165, 1.54) is 0 Å². The summed E-state index contributed by atoms with van der Waals surface area (Å²) in [6.07, 6.45) is -2.95. The Hall–Kier alpha value is -0.310. The molecule has 0 radical (unpaired) electrons. The maximum atomic E-state index is 10.8. The summed E-state index contributed by atoms with van der Waals surface area (Å²) in [7, 11) is 0. The summed E-state index contributed by atoms with van der Waals surface area (Å²) in [5.41, 5.74) is 0. The number of aliphatic hydroxyl groups is 4. The third-order valence-electron chi connectivity index (χ3n) is 1.46. The van der Waals surface area contributed by atoms with E-state index in [0.29, 0.717) is 0 Å². The number of ether oxygens (including phenoxy) is 1. The molecular weight excluding hydrogens is 231 g/mol. The van der Waals surface area contributed by atoms with Gasteiger partial charge in [-0.15, -0.1) is 0 Å². The number of carbonyl (C=O) groups is 1. The van der Waals surface area contributed by atoms with E-state index in [0.717, 1.165) is 0 Å². The van der Waals surface area contributed by atoms with Crippen molar-refractivity contribution < 1.29 is 64.6 Å². The third-order valence-corrected chi connectivity index (χ3v) is 1.46. The van der Waals surface area contributed by atoms with Crippen LogP contribution in [0.5, 0.6) is 0 Å². The van der Waals surface area contributed by atoms with Crippen LogP contribution < -0.4 is 34.7 Å². The maximum Gasteiger partial charge on any atom is 1.00 e. The molecule has 0 unspecified atom stereocenters. The Morgan fingerprint density at radius 1 is 1.50 bits per heavy atom. The quantitative estimate of drug-likeness (QED) is 0.281. The molecule has 7 nitrogen and oxygen atoms in total. The predicted octanol–water partition coefficient (Wildman–Crippen LogP) is -5.60. The average Bonchev–Trinajstić information content (AvgIpc) is 2.46. The molecule has 0 aromatic carbocycles.